The molecule has 2 nitrogen and oxygen atoms in total. The van der Waals surface area contributed by atoms with E-state index in [2.05, 4.69) is 20.8 Å². The maximum atomic E-state index is 11.9. The molecule has 0 radical (unpaired) electrons. The molecule has 16 heavy (non-hydrogen) atoms. The molecule has 0 saturated carbocycles. The Balaban J connectivity index is 2.42. The van der Waals surface area contributed by atoms with Crippen LogP contribution in [0.2, 0.25) is 0 Å². The van der Waals surface area contributed by atoms with Gasteiger partial charge in [0, 0.05) is 0 Å². The zero-order valence-corrected chi connectivity index (χ0v) is 11.0. The normalized spacial score (nSPS) is 26.6. The number of ether oxygens (including phenoxy) is 1. The van der Waals surface area contributed by atoms with Crippen LogP contribution in [0.4, 0.5) is 0 Å². The highest BCUT2D eigenvalue weighted by Gasteiger charge is 2.27. The van der Waals surface area contributed by atoms with Crippen LogP contribution >= 0.6 is 0 Å². The predicted octanol–water partition coefficient (Wildman–Crippen LogP) is 3.93. The van der Waals surface area contributed by atoms with Gasteiger partial charge in [-0.3, -0.25) is 4.79 Å². The van der Waals surface area contributed by atoms with Crippen LogP contribution in [0, 0.1) is 11.8 Å². The Morgan fingerprint density at radius 3 is 2.75 bits per heavy atom. The second-order valence-electron chi connectivity index (χ2n) is 5.46. The van der Waals surface area contributed by atoms with E-state index in [4.69, 9.17) is 4.74 Å². The highest BCUT2D eigenvalue weighted by atomic mass is 16.5. The molecule has 0 spiro atoms. The summed E-state index contributed by atoms with van der Waals surface area (Å²) in [6.45, 7) is 6.53. The van der Waals surface area contributed by atoms with Gasteiger partial charge >= 0.3 is 5.97 Å². The van der Waals surface area contributed by atoms with E-state index in [-0.39, 0.29) is 18.0 Å². The fourth-order valence-corrected chi connectivity index (χ4v) is 2.45. The Bertz CT molecular complexity index is 211. The van der Waals surface area contributed by atoms with E-state index in [1.807, 2.05) is 0 Å². The maximum absolute atomic E-state index is 11.9. The standard InChI is InChI=1S/C14H26O2/c1-4-5-8-13-9-6-7-12(10-11(2)3)14(15)16-13/h11-13H,4-10H2,1-3H3. The second kappa shape index (κ2) is 6.93. The van der Waals surface area contributed by atoms with Crippen molar-refractivity contribution in [1.82, 2.24) is 0 Å². The summed E-state index contributed by atoms with van der Waals surface area (Å²) in [5.74, 6) is 0.809. The fraction of sp³-hybridized carbons (Fsp3) is 0.929. The molecule has 0 bridgehead atoms. The molecule has 0 aromatic carbocycles. The minimum Gasteiger partial charge on any atom is -0.462 e. The van der Waals surface area contributed by atoms with Crippen molar-refractivity contribution in [2.45, 2.75) is 71.8 Å². The van der Waals surface area contributed by atoms with Gasteiger partial charge < -0.3 is 4.74 Å². The van der Waals surface area contributed by atoms with Gasteiger partial charge in [0.2, 0.25) is 0 Å². The third-order valence-electron chi connectivity index (χ3n) is 3.33. The van der Waals surface area contributed by atoms with E-state index in [0.29, 0.717) is 5.92 Å². The lowest BCUT2D eigenvalue weighted by molar-refractivity contribution is -0.153. The summed E-state index contributed by atoms with van der Waals surface area (Å²) < 4.78 is 5.59. The number of rotatable bonds is 5. The lowest BCUT2D eigenvalue weighted by atomic mass is 9.93. The molecule has 2 unspecified atom stereocenters. The second-order valence-corrected chi connectivity index (χ2v) is 5.46. The third-order valence-corrected chi connectivity index (χ3v) is 3.33. The first kappa shape index (κ1) is 13.5. The molecular weight excluding hydrogens is 200 g/mol. The van der Waals surface area contributed by atoms with E-state index in [9.17, 15) is 4.79 Å². The van der Waals surface area contributed by atoms with Crippen LogP contribution in [0.3, 0.4) is 0 Å². The van der Waals surface area contributed by atoms with Crippen molar-refractivity contribution in [2.24, 2.45) is 11.8 Å². The highest BCUT2D eigenvalue weighted by Crippen LogP contribution is 2.26. The van der Waals surface area contributed by atoms with Crippen LogP contribution in [-0.4, -0.2) is 12.1 Å². The van der Waals surface area contributed by atoms with Crippen LogP contribution in [0.1, 0.15) is 65.7 Å². The minimum atomic E-state index is 0.0623. The monoisotopic (exact) mass is 226 g/mol. The van der Waals surface area contributed by atoms with Crippen molar-refractivity contribution < 1.29 is 9.53 Å². The van der Waals surface area contributed by atoms with Gasteiger partial charge in [0.25, 0.3) is 0 Å². The van der Waals surface area contributed by atoms with Crippen molar-refractivity contribution in [1.29, 1.82) is 0 Å². The van der Waals surface area contributed by atoms with Gasteiger partial charge in [0.15, 0.2) is 0 Å². The number of esters is 1. The molecule has 0 amide bonds. The van der Waals surface area contributed by atoms with Gasteiger partial charge in [-0.15, -0.1) is 0 Å². The SMILES string of the molecule is CCCCC1CCCC(CC(C)C)C(=O)O1. The molecule has 1 aliphatic heterocycles. The molecule has 94 valence electrons. The quantitative estimate of drug-likeness (QED) is 0.664. The molecule has 0 N–H and O–H groups in total. The Morgan fingerprint density at radius 1 is 1.38 bits per heavy atom. The first-order chi connectivity index (χ1) is 7.63. The first-order valence-corrected chi connectivity index (χ1v) is 6.84. The number of cyclic esters (lactones) is 1. The highest BCUT2D eigenvalue weighted by molar-refractivity contribution is 5.72. The van der Waals surface area contributed by atoms with E-state index < -0.39 is 0 Å². The summed E-state index contributed by atoms with van der Waals surface area (Å²) in [7, 11) is 0. The summed E-state index contributed by atoms with van der Waals surface area (Å²) in [6, 6.07) is 0. The Labute approximate surface area is 99.8 Å². The third kappa shape index (κ3) is 4.54. The number of unbranched alkanes of at least 4 members (excludes halogenated alkanes) is 1. The van der Waals surface area contributed by atoms with Gasteiger partial charge in [0.1, 0.15) is 6.10 Å². The molecule has 1 rings (SSSR count). The minimum absolute atomic E-state index is 0.0623. The predicted molar refractivity (Wildman–Crippen MR) is 66.2 cm³/mol. The Kier molecular flexibility index (Phi) is 5.86. The van der Waals surface area contributed by atoms with E-state index in [0.717, 1.165) is 32.1 Å². The Hall–Kier alpha value is -0.530. The molecule has 0 aromatic rings. The van der Waals surface area contributed by atoms with Crippen molar-refractivity contribution >= 4 is 5.97 Å². The van der Waals surface area contributed by atoms with Crippen LogP contribution in [0.5, 0.6) is 0 Å². The molecule has 1 heterocycles. The number of hydrogen-bond acceptors (Lipinski definition) is 2. The summed E-state index contributed by atoms with van der Waals surface area (Å²) in [4.78, 5) is 11.9. The van der Waals surface area contributed by atoms with Gasteiger partial charge in [0.05, 0.1) is 5.92 Å². The van der Waals surface area contributed by atoms with Gasteiger partial charge in [-0.05, 0) is 38.0 Å². The largest absolute Gasteiger partial charge is 0.462 e. The van der Waals surface area contributed by atoms with Gasteiger partial charge in [-0.2, -0.15) is 0 Å². The molecule has 2 heteroatoms. The van der Waals surface area contributed by atoms with Crippen LogP contribution < -0.4 is 0 Å². The molecule has 0 aliphatic carbocycles. The average molecular weight is 226 g/mol. The van der Waals surface area contributed by atoms with E-state index >= 15 is 0 Å². The van der Waals surface area contributed by atoms with Crippen LogP contribution in [-0.2, 0) is 9.53 Å². The van der Waals surface area contributed by atoms with Crippen molar-refractivity contribution in [2.75, 3.05) is 0 Å². The molecule has 1 aliphatic rings. The van der Waals surface area contributed by atoms with Gasteiger partial charge in [-0.1, -0.05) is 33.6 Å². The van der Waals surface area contributed by atoms with Crippen molar-refractivity contribution in [3.63, 3.8) is 0 Å². The lowest BCUT2D eigenvalue weighted by Crippen LogP contribution is -2.21. The fourth-order valence-electron chi connectivity index (χ4n) is 2.45. The topological polar surface area (TPSA) is 26.3 Å². The number of carbonyl (C=O) groups is 1. The molecular formula is C14H26O2. The summed E-state index contributed by atoms with van der Waals surface area (Å²) in [5, 5.41) is 0. The van der Waals surface area contributed by atoms with Crippen LogP contribution in [0.25, 0.3) is 0 Å². The molecule has 1 fully saturated rings. The van der Waals surface area contributed by atoms with Crippen molar-refractivity contribution in [3.8, 4) is 0 Å². The number of hydrogen-bond donors (Lipinski definition) is 0. The van der Waals surface area contributed by atoms with Crippen LogP contribution in [0.15, 0.2) is 0 Å². The summed E-state index contributed by atoms with van der Waals surface area (Å²) >= 11 is 0. The average Bonchev–Trinajstić information content (AvgIpc) is 2.38. The smallest absolute Gasteiger partial charge is 0.309 e. The molecule has 1 saturated heterocycles. The van der Waals surface area contributed by atoms with E-state index in [1.165, 1.54) is 12.8 Å². The maximum Gasteiger partial charge on any atom is 0.309 e. The first-order valence-electron chi connectivity index (χ1n) is 6.84. The zero-order valence-electron chi connectivity index (χ0n) is 11.0. The zero-order chi connectivity index (χ0) is 12.0. The van der Waals surface area contributed by atoms with E-state index in [1.54, 1.807) is 0 Å². The van der Waals surface area contributed by atoms with Crippen molar-refractivity contribution in [3.05, 3.63) is 0 Å². The number of carbonyl (C=O) groups excluding carboxylic acids is 1. The molecule has 0 aromatic heterocycles. The van der Waals surface area contributed by atoms with Gasteiger partial charge in [-0.25, -0.2) is 0 Å². The Morgan fingerprint density at radius 2 is 2.12 bits per heavy atom. The summed E-state index contributed by atoms with van der Waals surface area (Å²) in [5.41, 5.74) is 0. The molecule has 2 atom stereocenters. The summed E-state index contributed by atoms with van der Waals surface area (Å²) in [6.07, 6.45) is 7.84. The lowest BCUT2D eigenvalue weighted by Gasteiger charge is -2.17.